The van der Waals surface area contributed by atoms with Gasteiger partial charge in [-0.2, -0.15) is 5.10 Å². The Morgan fingerprint density at radius 2 is 1.94 bits per heavy atom. The molecule has 2 heterocycles. The fourth-order valence-electron chi connectivity index (χ4n) is 2.04. The average Bonchev–Trinajstić information content (AvgIpc) is 2.41. The summed E-state index contributed by atoms with van der Waals surface area (Å²) in [5.41, 5.74) is 1.02. The van der Waals surface area contributed by atoms with E-state index in [1.54, 1.807) is 0 Å². The van der Waals surface area contributed by atoms with Gasteiger partial charge in [-0.25, -0.2) is 0 Å². The van der Waals surface area contributed by atoms with Crippen molar-refractivity contribution >= 4 is 5.82 Å². The van der Waals surface area contributed by atoms with Crippen molar-refractivity contribution in [3.8, 4) is 0 Å². The molecule has 0 bridgehead atoms. The molecule has 100 valence electrons. The lowest BCUT2D eigenvalue weighted by Crippen LogP contribution is -2.44. The van der Waals surface area contributed by atoms with Crippen LogP contribution in [0.2, 0.25) is 0 Å². The number of rotatable bonds is 5. The molecule has 5 heteroatoms. The van der Waals surface area contributed by atoms with Crippen LogP contribution in [0.15, 0.2) is 12.1 Å². The Bertz CT molecular complexity index is 343. The van der Waals surface area contributed by atoms with E-state index in [9.17, 15) is 0 Å². The first-order valence-corrected chi connectivity index (χ1v) is 6.76. The first-order valence-electron chi connectivity index (χ1n) is 6.76. The van der Waals surface area contributed by atoms with Crippen molar-refractivity contribution in [1.82, 2.24) is 20.4 Å². The SMILES string of the molecule is CCCNCc1ccc(N2CCN(C)CC2)nn1. The van der Waals surface area contributed by atoms with Crippen LogP contribution in [-0.2, 0) is 6.54 Å². The van der Waals surface area contributed by atoms with E-state index >= 15 is 0 Å². The first kappa shape index (κ1) is 13.2. The van der Waals surface area contributed by atoms with Crippen LogP contribution in [-0.4, -0.2) is 54.9 Å². The maximum absolute atomic E-state index is 4.32. The van der Waals surface area contributed by atoms with Crippen LogP contribution in [0.3, 0.4) is 0 Å². The molecule has 1 saturated heterocycles. The summed E-state index contributed by atoms with van der Waals surface area (Å²) in [5, 5.41) is 11.9. The summed E-state index contributed by atoms with van der Waals surface area (Å²) in [6, 6.07) is 4.16. The summed E-state index contributed by atoms with van der Waals surface area (Å²) < 4.78 is 0. The molecule has 1 aromatic rings. The molecule has 0 radical (unpaired) electrons. The van der Waals surface area contributed by atoms with E-state index in [2.05, 4.69) is 51.4 Å². The van der Waals surface area contributed by atoms with Crippen molar-refractivity contribution in [1.29, 1.82) is 0 Å². The zero-order valence-corrected chi connectivity index (χ0v) is 11.4. The molecule has 1 fully saturated rings. The zero-order chi connectivity index (χ0) is 12.8. The summed E-state index contributed by atoms with van der Waals surface area (Å²) in [6.45, 7) is 8.28. The molecule has 5 nitrogen and oxygen atoms in total. The van der Waals surface area contributed by atoms with Gasteiger partial charge in [0.1, 0.15) is 0 Å². The summed E-state index contributed by atoms with van der Waals surface area (Å²) >= 11 is 0. The minimum absolute atomic E-state index is 0.809. The highest BCUT2D eigenvalue weighted by Crippen LogP contribution is 2.11. The van der Waals surface area contributed by atoms with E-state index in [4.69, 9.17) is 0 Å². The fraction of sp³-hybridized carbons (Fsp3) is 0.692. The quantitative estimate of drug-likeness (QED) is 0.779. The first-order chi connectivity index (χ1) is 8.79. The highest BCUT2D eigenvalue weighted by Gasteiger charge is 2.15. The van der Waals surface area contributed by atoms with Crippen LogP contribution in [0.5, 0.6) is 0 Å². The Labute approximate surface area is 109 Å². The van der Waals surface area contributed by atoms with E-state index in [0.717, 1.165) is 57.2 Å². The number of anilines is 1. The van der Waals surface area contributed by atoms with Gasteiger partial charge in [0.25, 0.3) is 0 Å². The molecule has 0 saturated carbocycles. The second-order valence-corrected chi connectivity index (χ2v) is 4.85. The molecule has 0 spiro atoms. The Morgan fingerprint density at radius 1 is 1.17 bits per heavy atom. The van der Waals surface area contributed by atoms with Crippen LogP contribution >= 0.6 is 0 Å². The second kappa shape index (κ2) is 6.66. The van der Waals surface area contributed by atoms with Crippen LogP contribution in [0.1, 0.15) is 19.0 Å². The predicted molar refractivity (Wildman–Crippen MR) is 73.7 cm³/mol. The predicted octanol–water partition coefficient (Wildman–Crippen LogP) is 0.728. The van der Waals surface area contributed by atoms with Gasteiger partial charge in [-0.15, -0.1) is 5.10 Å². The number of hydrogen-bond donors (Lipinski definition) is 1. The molecule has 1 aliphatic rings. The van der Waals surface area contributed by atoms with Gasteiger partial charge in [-0.3, -0.25) is 0 Å². The maximum Gasteiger partial charge on any atom is 0.151 e. The van der Waals surface area contributed by atoms with Crippen molar-refractivity contribution in [3.63, 3.8) is 0 Å². The summed E-state index contributed by atoms with van der Waals surface area (Å²) in [6.07, 6.45) is 1.15. The highest BCUT2D eigenvalue weighted by atomic mass is 15.3. The molecule has 1 aromatic heterocycles. The minimum atomic E-state index is 0.809. The van der Waals surface area contributed by atoms with Gasteiger partial charge < -0.3 is 15.1 Å². The van der Waals surface area contributed by atoms with Crippen molar-refractivity contribution in [2.45, 2.75) is 19.9 Å². The highest BCUT2D eigenvalue weighted by molar-refractivity contribution is 5.37. The van der Waals surface area contributed by atoms with Crippen molar-refractivity contribution in [3.05, 3.63) is 17.8 Å². The van der Waals surface area contributed by atoms with Crippen LogP contribution in [0.4, 0.5) is 5.82 Å². The van der Waals surface area contributed by atoms with Crippen molar-refractivity contribution < 1.29 is 0 Å². The Morgan fingerprint density at radius 3 is 2.56 bits per heavy atom. The molecule has 18 heavy (non-hydrogen) atoms. The molecule has 0 amide bonds. The molecule has 1 aliphatic heterocycles. The molecule has 0 unspecified atom stereocenters. The van der Waals surface area contributed by atoms with Crippen molar-refractivity contribution in [2.24, 2.45) is 0 Å². The second-order valence-electron chi connectivity index (χ2n) is 4.85. The Kier molecular flexibility index (Phi) is 4.90. The van der Waals surface area contributed by atoms with Gasteiger partial charge in [-0.05, 0) is 32.1 Å². The van der Waals surface area contributed by atoms with E-state index in [1.165, 1.54) is 0 Å². The molecule has 1 N–H and O–H groups in total. The molecular weight excluding hydrogens is 226 g/mol. The zero-order valence-electron chi connectivity index (χ0n) is 11.4. The smallest absolute Gasteiger partial charge is 0.151 e. The maximum atomic E-state index is 4.32. The van der Waals surface area contributed by atoms with Crippen LogP contribution in [0, 0.1) is 0 Å². The Balaban J connectivity index is 1.87. The lowest BCUT2D eigenvalue weighted by Gasteiger charge is -2.32. The van der Waals surface area contributed by atoms with Crippen LogP contribution in [0.25, 0.3) is 0 Å². The van der Waals surface area contributed by atoms with Gasteiger partial charge >= 0.3 is 0 Å². The minimum Gasteiger partial charge on any atom is -0.353 e. The van der Waals surface area contributed by atoms with Gasteiger partial charge in [0.15, 0.2) is 5.82 Å². The van der Waals surface area contributed by atoms with Crippen LogP contribution < -0.4 is 10.2 Å². The van der Waals surface area contributed by atoms with Gasteiger partial charge in [0, 0.05) is 32.7 Å². The van der Waals surface area contributed by atoms with Crippen molar-refractivity contribution in [2.75, 3.05) is 44.7 Å². The monoisotopic (exact) mass is 249 g/mol. The van der Waals surface area contributed by atoms with Gasteiger partial charge in [-0.1, -0.05) is 6.92 Å². The third-order valence-corrected chi connectivity index (χ3v) is 3.27. The van der Waals surface area contributed by atoms with Gasteiger partial charge in [0.2, 0.25) is 0 Å². The van der Waals surface area contributed by atoms with E-state index in [1.807, 2.05) is 0 Å². The third kappa shape index (κ3) is 3.65. The number of nitrogens with one attached hydrogen (secondary N) is 1. The molecule has 0 atom stereocenters. The summed E-state index contributed by atoms with van der Waals surface area (Å²) in [7, 11) is 2.16. The normalized spacial score (nSPS) is 17.1. The molecular formula is C13H23N5. The Hall–Kier alpha value is -1.20. The number of nitrogens with zero attached hydrogens (tertiary/aromatic N) is 4. The lowest BCUT2D eigenvalue weighted by molar-refractivity contribution is 0.311. The molecule has 0 aromatic carbocycles. The fourth-order valence-corrected chi connectivity index (χ4v) is 2.04. The average molecular weight is 249 g/mol. The summed E-state index contributed by atoms with van der Waals surface area (Å²) in [5.74, 6) is 1.00. The van der Waals surface area contributed by atoms with E-state index in [-0.39, 0.29) is 0 Å². The standard InChI is InChI=1S/C13H23N5/c1-3-6-14-11-12-4-5-13(16-15-12)18-9-7-17(2)8-10-18/h4-5,14H,3,6-11H2,1-2H3. The number of likely N-dealkylation sites (N-methyl/N-ethyl adjacent to an activating group) is 1. The number of hydrogen-bond acceptors (Lipinski definition) is 5. The summed E-state index contributed by atoms with van der Waals surface area (Å²) in [4.78, 5) is 4.64. The largest absolute Gasteiger partial charge is 0.353 e. The van der Waals surface area contributed by atoms with Gasteiger partial charge in [0.05, 0.1) is 5.69 Å². The molecule has 0 aliphatic carbocycles. The van der Waals surface area contributed by atoms with E-state index in [0.29, 0.717) is 0 Å². The van der Waals surface area contributed by atoms with E-state index < -0.39 is 0 Å². The molecule has 2 rings (SSSR count). The number of piperazine rings is 1. The number of aromatic nitrogens is 2. The third-order valence-electron chi connectivity index (χ3n) is 3.27. The lowest BCUT2D eigenvalue weighted by atomic mass is 10.3. The topological polar surface area (TPSA) is 44.3 Å².